The molecule has 0 bridgehead atoms. The van der Waals surface area contributed by atoms with Gasteiger partial charge in [0.25, 0.3) is 5.91 Å². The molecule has 0 unspecified atom stereocenters. The summed E-state index contributed by atoms with van der Waals surface area (Å²) in [5.41, 5.74) is 1.14. The molecule has 0 atom stereocenters. The number of amides is 1. The zero-order chi connectivity index (χ0) is 15.4. The second-order valence-electron chi connectivity index (χ2n) is 4.73. The van der Waals surface area contributed by atoms with Crippen molar-refractivity contribution in [3.05, 3.63) is 60.0 Å². The molecule has 0 aliphatic carbocycles. The highest BCUT2D eigenvalue weighted by atomic mass is 16.5. The minimum atomic E-state index is -0.318. The summed E-state index contributed by atoms with van der Waals surface area (Å²) in [5, 5.41) is 15.9. The average molecular weight is 298 g/mol. The first-order chi connectivity index (χ1) is 10.7. The van der Waals surface area contributed by atoms with Crippen molar-refractivity contribution in [2.75, 3.05) is 6.54 Å². The lowest BCUT2D eigenvalue weighted by Crippen LogP contribution is -2.25. The maximum atomic E-state index is 12.0. The van der Waals surface area contributed by atoms with Crippen molar-refractivity contribution >= 4 is 5.91 Å². The SMILES string of the molecule is O=C(NCCc1cccc(O)c1)c1cc(-c2ccco2)on1. The summed E-state index contributed by atoms with van der Waals surface area (Å²) < 4.78 is 10.2. The highest BCUT2D eigenvalue weighted by Gasteiger charge is 2.14. The molecule has 1 aromatic carbocycles. The quantitative estimate of drug-likeness (QED) is 0.756. The topological polar surface area (TPSA) is 88.5 Å². The molecule has 0 aliphatic rings. The molecule has 3 rings (SSSR count). The van der Waals surface area contributed by atoms with E-state index in [1.165, 1.54) is 12.3 Å². The fraction of sp³-hybridized carbons (Fsp3) is 0.125. The van der Waals surface area contributed by atoms with Crippen molar-refractivity contribution in [2.45, 2.75) is 6.42 Å². The molecule has 22 heavy (non-hydrogen) atoms. The summed E-state index contributed by atoms with van der Waals surface area (Å²) >= 11 is 0. The van der Waals surface area contributed by atoms with Gasteiger partial charge < -0.3 is 19.4 Å². The van der Waals surface area contributed by atoms with Gasteiger partial charge in [0.2, 0.25) is 5.76 Å². The van der Waals surface area contributed by atoms with Crippen LogP contribution >= 0.6 is 0 Å². The molecule has 2 aromatic heterocycles. The molecule has 112 valence electrons. The van der Waals surface area contributed by atoms with Crippen LogP contribution in [0.25, 0.3) is 11.5 Å². The fourth-order valence-corrected chi connectivity index (χ4v) is 2.04. The number of rotatable bonds is 5. The second kappa shape index (κ2) is 6.17. The van der Waals surface area contributed by atoms with E-state index in [4.69, 9.17) is 8.94 Å². The summed E-state index contributed by atoms with van der Waals surface area (Å²) in [7, 11) is 0. The molecule has 6 heteroatoms. The largest absolute Gasteiger partial charge is 0.508 e. The van der Waals surface area contributed by atoms with Gasteiger partial charge in [0.1, 0.15) is 5.75 Å². The van der Waals surface area contributed by atoms with Gasteiger partial charge in [-0.15, -0.1) is 0 Å². The summed E-state index contributed by atoms with van der Waals surface area (Å²) in [6.07, 6.45) is 2.13. The third kappa shape index (κ3) is 3.17. The summed E-state index contributed by atoms with van der Waals surface area (Å²) in [6.45, 7) is 0.436. The van der Waals surface area contributed by atoms with Gasteiger partial charge in [-0.2, -0.15) is 0 Å². The number of carbonyl (C=O) groups excluding carboxylic acids is 1. The molecule has 0 saturated carbocycles. The van der Waals surface area contributed by atoms with Crippen LogP contribution in [0.15, 0.2) is 57.7 Å². The van der Waals surface area contributed by atoms with Crippen molar-refractivity contribution in [1.29, 1.82) is 0 Å². The van der Waals surface area contributed by atoms with Gasteiger partial charge in [0.15, 0.2) is 11.5 Å². The Balaban J connectivity index is 1.56. The van der Waals surface area contributed by atoms with Crippen LogP contribution < -0.4 is 5.32 Å². The molecular weight excluding hydrogens is 284 g/mol. The maximum Gasteiger partial charge on any atom is 0.273 e. The van der Waals surface area contributed by atoms with Gasteiger partial charge in [-0.25, -0.2) is 0 Å². The van der Waals surface area contributed by atoms with E-state index in [1.807, 2.05) is 6.07 Å². The van der Waals surface area contributed by atoms with Crippen LogP contribution in [0, 0.1) is 0 Å². The predicted octanol–water partition coefficient (Wildman–Crippen LogP) is 2.61. The lowest BCUT2D eigenvalue weighted by atomic mass is 10.1. The Hall–Kier alpha value is -3.02. The number of furan rings is 1. The Morgan fingerprint density at radius 1 is 1.18 bits per heavy atom. The second-order valence-corrected chi connectivity index (χ2v) is 4.73. The van der Waals surface area contributed by atoms with Crippen molar-refractivity contribution in [1.82, 2.24) is 10.5 Å². The first-order valence-corrected chi connectivity index (χ1v) is 6.79. The smallest absolute Gasteiger partial charge is 0.273 e. The van der Waals surface area contributed by atoms with E-state index in [1.54, 1.807) is 30.3 Å². The number of carbonyl (C=O) groups is 1. The molecule has 0 aliphatic heterocycles. The number of aromatic nitrogens is 1. The number of aromatic hydroxyl groups is 1. The minimum absolute atomic E-state index is 0.197. The Morgan fingerprint density at radius 3 is 2.86 bits per heavy atom. The number of benzene rings is 1. The van der Waals surface area contributed by atoms with E-state index in [0.29, 0.717) is 24.5 Å². The number of nitrogens with one attached hydrogen (secondary N) is 1. The van der Waals surface area contributed by atoms with E-state index < -0.39 is 0 Å². The molecule has 0 spiro atoms. The molecule has 2 heterocycles. The van der Waals surface area contributed by atoms with Crippen LogP contribution in [0.5, 0.6) is 5.75 Å². The molecule has 0 saturated heterocycles. The van der Waals surface area contributed by atoms with Gasteiger partial charge in [-0.1, -0.05) is 17.3 Å². The van der Waals surface area contributed by atoms with E-state index >= 15 is 0 Å². The summed E-state index contributed by atoms with van der Waals surface area (Å²) in [4.78, 5) is 12.0. The molecule has 0 fully saturated rings. The van der Waals surface area contributed by atoms with Gasteiger partial charge in [-0.05, 0) is 36.2 Å². The highest BCUT2D eigenvalue weighted by Crippen LogP contribution is 2.20. The summed E-state index contributed by atoms with van der Waals surface area (Å²) in [5.74, 6) is 0.819. The number of phenols is 1. The standard InChI is InChI=1S/C16H14N2O4/c19-12-4-1-3-11(9-12)6-7-17-16(20)13-10-15(22-18-13)14-5-2-8-21-14/h1-5,8-10,19H,6-7H2,(H,17,20). The molecule has 2 N–H and O–H groups in total. The van der Waals surface area contributed by atoms with Crippen LogP contribution in [0.2, 0.25) is 0 Å². The molecule has 1 amide bonds. The van der Waals surface area contributed by atoms with Crippen molar-refractivity contribution in [3.8, 4) is 17.3 Å². The Labute approximate surface area is 126 Å². The van der Waals surface area contributed by atoms with E-state index in [0.717, 1.165) is 5.56 Å². The highest BCUT2D eigenvalue weighted by molar-refractivity contribution is 5.92. The Kier molecular flexibility index (Phi) is 3.91. The molecule has 3 aromatic rings. The van der Waals surface area contributed by atoms with Crippen LogP contribution in [-0.2, 0) is 6.42 Å². The number of nitrogens with zero attached hydrogens (tertiary/aromatic N) is 1. The van der Waals surface area contributed by atoms with Crippen LogP contribution in [0.1, 0.15) is 16.1 Å². The predicted molar refractivity (Wildman–Crippen MR) is 78.3 cm³/mol. The normalized spacial score (nSPS) is 10.5. The zero-order valence-electron chi connectivity index (χ0n) is 11.7. The van der Waals surface area contributed by atoms with Gasteiger partial charge in [0.05, 0.1) is 6.26 Å². The number of hydrogen-bond acceptors (Lipinski definition) is 5. The molecular formula is C16H14N2O4. The van der Waals surface area contributed by atoms with Crippen molar-refractivity contribution in [2.24, 2.45) is 0 Å². The van der Waals surface area contributed by atoms with E-state index in [2.05, 4.69) is 10.5 Å². The number of phenolic OH excluding ortho intramolecular Hbond substituents is 1. The van der Waals surface area contributed by atoms with Crippen LogP contribution in [0.3, 0.4) is 0 Å². The molecule has 6 nitrogen and oxygen atoms in total. The Morgan fingerprint density at radius 2 is 2.09 bits per heavy atom. The van der Waals surface area contributed by atoms with E-state index in [9.17, 15) is 9.90 Å². The molecule has 0 radical (unpaired) electrons. The van der Waals surface area contributed by atoms with Crippen LogP contribution in [-0.4, -0.2) is 22.7 Å². The first kappa shape index (κ1) is 13.9. The Bertz CT molecular complexity index is 762. The third-order valence-corrected chi connectivity index (χ3v) is 3.12. The van der Waals surface area contributed by atoms with Gasteiger partial charge in [0, 0.05) is 12.6 Å². The third-order valence-electron chi connectivity index (χ3n) is 3.12. The monoisotopic (exact) mass is 298 g/mol. The zero-order valence-corrected chi connectivity index (χ0v) is 11.7. The van der Waals surface area contributed by atoms with Gasteiger partial charge in [-0.3, -0.25) is 4.79 Å². The van der Waals surface area contributed by atoms with Gasteiger partial charge >= 0.3 is 0 Å². The fourth-order valence-electron chi connectivity index (χ4n) is 2.04. The van der Waals surface area contributed by atoms with Crippen molar-refractivity contribution < 1.29 is 18.8 Å². The lowest BCUT2D eigenvalue weighted by molar-refractivity contribution is 0.0945. The first-order valence-electron chi connectivity index (χ1n) is 6.79. The average Bonchev–Trinajstić information content (AvgIpc) is 3.18. The maximum absolute atomic E-state index is 12.0. The van der Waals surface area contributed by atoms with E-state index in [-0.39, 0.29) is 17.4 Å². The number of hydrogen-bond donors (Lipinski definition) is 2. The minimum Gasteiger partial charge on any atom is -0.508 e. The summed E-state index contributed by atoms with van der Waals surface area (Å²) in [6, 6.07) is 11.9. The lowest BCUT2D eigenvalue weighted by Gasteiger charge is -2.03. The van der Waals surface area contributed by atoms with Crippen LogP contribution in [0.4, 0.5) is 0 Å². The van der Waals surface area contributed by atoms with Crippen molar-refractivity contribution in [3.63, 3.8) is 0 Å².